The van der Waals surface area contributed by atoms with Gasteiger partial charge >= 0.3 is 0 Å². The van der Waals surface area contributed by atoms with E-state index in [9.17, 15) is 9.90 Å². The molecule has 0 radical (unpaired) electrons. The van der Waals surface area contributed by atoms with Crippen LogP contribution in [0, 0.1) is 0 Å². The van der Waals surface area contributed by atoms with Gasteiger partial charge in [-0.05, 0) is 35.9 Å². The molecule has 3 N–H and O–H groups in total. The molecule has 4 aromatic rings. The molecule has 1 heterocycles. The smallest absolute Gasteiger partial charge is 0.288 e. The van der Waals surface area contributed by atoms with Gasteiger partial charge in [-0.15, -0.1) is 0 Å². The van der Waals surface area contributed by atoms with Crippen LogP contribution in [-0.2, 0) is 0 Å². The molecule has 0 aliphatic rings. The Morgan fingerprint density at radius 1 is 1.04 bits per heavy atom. The number of aromatic hydroxyl groups is 1. The maximum Gasteiger partial charge on any atom is 0.288 e. The Bertz CT molecular complexity index is 1180. The number of nitrogens with zero attached hydrogens (tertiary/aromatic N) is 1. The monoisotopic (exact) mass is 389 g/mol. The van der Waals surface area contributed by atoms with Crippen LogP contribution in [0.3, 0.4) is 0 Å². The van der Waals surface area contributed by atoms with Crippen LogP contribution in [0.5, 0.6) is 5.75 Å². The van der Waals surface area contributed by atoms with Crippen LogP contribution in [0.4, 0.5) is 0 Å². The third-order valence-electron chi connectivity index (χ3n) is 4.36. The first kappa shape index (κ1) is 17.8. The molecular formula is C22H16ClN3O2. The van der Waals surface area contributed by atoms with Crippen molar-refractivity contribution in [3.63, 3.8) is 0 Å². The summed E-state index contributed by atoms with van der Waals surface area (Å²) >= 11 is 6.17. The Morgan fingerprint density at radius 2 is 1.79 bits per heavy atom. The van der Waals surface area contributed by atoms with E-state index in [1.165, 1.54) is 6.21 Å². The number of carbonyl (C=O) groups is 1. The second kappa shape index (κ2) is 7.58. The number of nitrogens with one attached hydrogen (secondary N) is 2. The summed E-state index contributed by atoms with van der Waals surface area (Å²) in [6, 6.07) is 21.8. The van der Waals surface area contributed by atoms with Crippen molar-refractivity contribution in [3.05, 3.63) is 89.1 Å². The van der Waals surface area contributed by atoms with Crippen LogP contribution in [0.25, 0.3) is 22.0 Å². The number of aromatic nitrogens is 1. The highest BCUT2D eigenvalue weighted by atomic mass is 35.5. The topological polar surface area (TPSA) is 77.5 Å². The second-order valence-corrected chi connectivity index (χ2v) is 6.63. The molecule has 0 aliphatic carbocycles. The second-order valence-electron chi connectivity index (χ2n) is 6.19. The SMILES string of the molecule is O=C(N/N=C\c1ccccc1O)c1[nH]c2ccc(Cl)cc2c1-c1ccccc1. The number of fused-ring (bicyclic) bond motifs is 1. The molecule has 0 fully saturated rings. The number of H-pyrrole nitrogens is 1. The standard InChI is InChI=1S/C22H16ClN3O2/c23-16-10-11-18-17(12-16)20(14-6-2-1-3-7-14)21(25-18)22(28)26-24-13-15-8-4-5-9-19(15)27/h1-13,25,27H,(H,26,28)/b24-13-. The highest BCUT2D eigenvalue weighted by Crippen LogP contribution is 2.34. The van der Waals surface area contributed by atoms with E-state index >= 15 is 0 Å². The first-order valence-corrected chi connectivity index (χ1v) is 8.99. The lowest BCUT2D eigenvalue weighted by atomic mass is 10.0. The number of hydrazone groups is 1. The fourth-order valence-electron chi connectivity index (χ4n) is 3.05. The van der Waals surface area contributed by atoms with Gasteiger partial charge in [-0.2, -0.15) is 5.10 Å². The van der Waals surface area contributed by atoms with Crippen LogP contribution >= 0.6 is 11.6 Å². The van der Waals surface area contributed by atoms with Gasteiger partial charge < -0.3 is 10.1 Å². The quantitative estimate of drug-likeness (QED) is 0.341. The van der Waals surface area contributed by atoms with Gasteiger partial charge in [-0.3, -0.25) is 4.79 Å². The predicted molar refractivity (Wildman–Crippen MR) is 112 cm³/mol. The molecule has 0 unspecified atom stereocenters. The average Bonchev–Trinajstić information content (AvgIpc) is 3.08. The molecule has 0 spiro atoms. The number of amides is 1. The number of halogens is 1. The minimum Gasteiger partial charge on any atom is -0.507 e. The van der Waals surface area contributed by atoms with Gasteiger partial charge in [0.15, 0.2) is 0 Å². The molecule has 0 aliphatic heterocycles. The van der Waals surface area contributed by atoms with E-state index < -0.39 is 5.91 Å². The minimum absolute atomic E-state index is 0.0886. The van der Waals surface area contributed by atoms with Crippen LogP contribution in [-0.4, -0.2) is 22.2 Å². The summed E-state index contributed by atoms with van der Waals surface area (Å²) in [5.74, 6) is -0.302. The number of phenolic OH excluding ortho intramolecular Hbond substituents is 1. The first-order chi connectivity index (χ1) is 13.6. The summed E-state index contributed by atoms with van der Waals surface area (Å²) < 4.78 is 0. The zero-order chi connectivity index (χ0) is 19.5. The molecule has 0 saturated carbocycles. The highest BCUT2D eigenvalue weighted by molar-refractivity contribution is 6.31. The molecule has 0 bridgehead atoms. The summed E-state index contributed by atoms with van der Waals surface area (Å²) in [5, 5.41) is 15.2. The molecule has 5 nitrogen and oxygen atoms in total. The predicted octanol–water partition coefficient (Wildman–Crippen LogP) is 4.96. The zero-order valence-corrected chi connectivity index (χ0v) is 15.4. The third-order valence-corrected chi connectivity index (χ3v) is 4.59. The van der Waals surface area contributed by atoms with Crippen LogP contribution in [0.15, 0.2) is 77.9 Å². The fraction of sp³-hybridized carbons (Fsp3) is 0. The van der Waals surface area contributed by atoms with Crippen molar-refractivity contribution >= 4 is 34.6 Å². The summed E-state index contributed by atoms with van der Waals surface area (Å²) in [5.41, 5.74) is 5.87. The van der Waals surface area contributed by atoms with Crippen molar-refractivity contribution in [1.29, 1.82) is 0 Å². The molecule has 3 aromatic carbocycles. The van der Waals surface area contributed by atoms with Gasteiger partial charge in [0, 0.05) is 27.1 Å². The van der Waals surface area contributed by atoms with Gasteiger partial charge in [0.1, 0.15) is 11.4 Å². The molecule has 1 amide bonds. The number of para-hydroxylation sites is 1. The van der Waals surface area contributed by atoms with Crippen molar-refractivity contribution in [2.45, 2.75) is 0 Å². The van der Waals surface area contributed by atoms with E-state index in [4.69, 9.17) is 11.6 Å². The normalized spacial score (nSPS) is 11.2. The lowest BCUT2D eigenvalue weighted by molar-refractivity contribution is 0.0951. The number of hydrogen-bond acceptors (Lipinski definition) is 3. The van der Waals surface area contributed by atoms with Gasteiger partial charge in [-0.1, -0.05) is 54.1 Å². The third kappa shape index (κ3) is 3.48. The Balaban J connectivity index is 1.72. The number of carbonyl (C=O) groups excluding carboxylic acids is 1. The molecule has 6 heteroatoms. The number of hydrogen-bond donors (Lipinski definition) is 3. The molecule has 4 rings (SSSR count). The highest BCUT2D eigenvalue weighted by Gasteiger charge is 2.19. The van der Waals surface area contributed by atoms with Crippen molar-refractivity contribution < 1.29 is 9.90 Å². The average molecular weight is 390 g/mol. The molecule has 138 valence electrons. The Hall–Kier alpha value is -3.57. The van der Waals surface area contributed by atoms with Crippen molar-refractivity contribution in [2.75, 3.05) is 0 Å². The molecular weight excluding hydrogens is 374 g/mol. The van der Waals surface area contributed by atoms with Crippen molar-refractivity contribution in [2.24, 2.45) is 5.10 Å². The largest absolute Gasteiger partial charge is 0.507 e. The maximum absolute atomic E-state index is 12.8. The first-order valence-electron chi connectivity index (χ1n) is 8.61. The lowest BCUT2D eigenvalue weighted by Gasteiger charge is -2.04. The Labute approximate surface area is 166 Å². The Kier molecular flexibility index (Phi) is 4.83. The maximum atomic E-state index is 12.8. The number of benzene rings is 3. The van der Waals surface area contributed by atoms with Gasteiger partial charge in [0.2, 0.25) is 0 Å². The number of rotatable bonds is 4. The van der Waals surface area contributed by atoms with Crippen LogP contribution in [0.1, 0.15) is 16.1 Å². The van der Waals surface area contributed by atoms with Gasteiger partial charge in [0.05, 0.1) is 6.21 Å². The van der Waals surface area contributed by atoms with E-state index in [0.717, 1.165) is 22.0 Å². The molecule has 1 aromatic heterocycles. The van der Waals surface area contributed by atoms with Gasteiger partial charge in [0.25, 0.3) is 5.91 Å². The van der Waals surface area contributed by atoms with E-state index in [1.54, 1.807) is 30.3 Å². The minimum atomic E-state index is -0.391. The summed E-state index contributed by atoms with van der Waals surface area (Å²) in [6.45, 7) is 0. The van der Waals surface area contributed by atoms with E-state index in [0.29, 0.717) is 16.3 Å². The molecule has 0 saturated heterocycles. The van der Waals surface area contributed by atoms with E-state index in [-0.39, 0.29) is 5.75 Å². The number of aromatic amines is 1. The van der Waals surface area contributed by atoms with E-state index in [2.05, 4.69) is 15.5 Å². The molecule has 0 atom stereocenters. The molecule has 28 heavy (non-hydrogen) atoms. The van der Waals surface area contributed by atoms with Gasteiger partial charge in [-0.25, -0.2) is 5.43 Å². The lowest BCUT2D eigenvalue weighted by Crippen LogP contribution is -2.18. The fourth-order valence-corrected chi connectivity index (χ4v) is 3.22. The van der Waals surface area contributed by atoms with Crippen molar-refractivity contribution in [3.8, 4) is 16.9 Å². The van der Waals surface area contributed by atoms with E-state index in [1.807, 2.05) is 42.5 Å². The number of phenols is 1. The summed E-state index contributed by atoms with van der Waals surface area (Å²) in [4.78, 5) is 16.0. The van der Waals surface area contributed by atoms with Crippen LogP contribution < -0.4 is 5.43 Å². The van der Waals surface area contributed by atoms with Crippen LogP contribution in [0.2, 0.25) is 5.02 Å². The summed E-state index contributed by atoms with van der Waals surface area (Å²) in [6.07, 6.45) is 1.40. The summed E-state index contributed by atoms with van der Waals surface area (Å²) in [7, 11) is 0. The zero-order valence-electron chi connectivity index (χ0n) is 14.7. The van der Waals surface area contributed by atoms with Crippen molar-refractivity contribution in [1.82, 2.24) is 10.4 Å². The Morgan fingerprint density at radius 3 is 2.57 bits per heavy atom.